The molecule has 1 atom stereocenters. The van der Waals surface area contributed by atoms with E-state index in [4.69, 9.17) is 0 Å². The lowest BCUT2D eigenvalue weighted by Gasteiger charge is -2.42. The smallest absolute Gasteiger partial charge is 0.0940 e. The van der Waals surface area contributed by atoms with Gasteiger partial charge in [-0.15, -0.1) is 0 Å². The fraction of sp³-hybridized carbons (Fsp3) is 1.00. The molecule has 0 aromatic rings. The van der Waals surface area contributed by atoms with E-state index in [1.54, 1.807) is 0 Å². The Balaban J connectivity index is 0. The Morgan fingerprint density at radius 3 is 2.06 bits per heavy atom. The number of piperidine rings is 1. The van der Waals surface area contributed by atoms with Crippen LogP contribution in [0.1, 0.15) is 25.7 Å². The minimum absolute atomic E-state index is 0. The van der Waals surface area contributed by atoms with Gasteiger partial charge in [0, 0.05) is 6.42 Å². The van der Waals surface area contributed by atoms with Crippen LogP contribution in [0.2, 0.25) is 0 Å². The Bertz CT molecular complexity index is 188. The second-order valence-corrected chi connectivity index (χ2v) is 6.45. The SMILES string of the molecule is C[N+](C)(C)CCC1CCCC[N+]1(C)C.[I-].[I-]. The molecule has 0 saturated carbocycles. The average Bonchev–Trinajstić information content (AvgIpc) is 2.00. The summed E-state index contributed by atoms with van der Waals surface area (Å²) in [6, 6.07) is 0.904. The highest BCUT2D eigenvalue weighted by atomic mass is 127. The van der Waals surface area contributed by atoms with Gasteiger partial charge in [-0.25, -0.2) is 0 Å². The van der Waals surface area contributed by atoms with Gasteiger partial charge in [-0.1, -0.05) is 0 Å². The Hall–Kier alpha value is 1.38. The first kappa shape index (κ1) is 19.7. The first-order valence-electron chi connectivity index (χ1n) is 5.94. The first-order valence-corrected chi connectivity index (χ1v) is 5.94. The van der Waals surface area contributed by atoms with Crippen LogP contribution < -0.4 is 48.0 Å². The molecule has 1 heterocycles. The molecule has 1 aliphatic heterocycles. The fourth-order valence-corrected chi connectivity index (χ4v) is 2.46. The molecule has 0 bridgehead atoms. The third-order valence-electron chi connectivity index (χ3n) is 3.64. The van der Waals surface area contributed by atoms with Gasteiger partial charge in [-0.2, -0.15) is 0 Å². The van der Waals surface area contributed by atoms with E-state index in [0.717, 1.165) is 10.5 Å². The van der Waals surface area contributed by atoms with Crippen LogP contribution in [0.15, 0.2) is 0 Å². The maximum atomic E-state index is 2.40. The zero-order valence-electron chi connectivity index (χ0n) is 11.5. The summed E-state index contributed by atoms with van der Waals surface area (Å²) in [6.07, 6.45) is 5.70. The second-order valence-electron chi connectivity index (χ2n) is 6.45. The van der Waals surface area contributed by atoms with Crippen LogP contribution in [0, 0.1) is 0 Å². The van der Waals surface area contributed by atoms with Crippen LogP contribution in [0.25, 0.3) is 0 Å². The minimum Gasteiger partial charge on any atom is -1.00 e. The van der Waals surface area contributed by atoms with Crippen molar-refractivity contribution in [3.05, 3.63) is 0 Å². The van der Waals surface area contributed by atoms with Crippen LogP contribution in [0.3, 0.4) is 0 Å². The molecule has 0 N–H and O–H groups in total. The predicted molar refractivity (Wildman–Crippen MR) is 62.1 cm³/mol. The molecular weight excluding hydrogens is 426 g/mol. The number of rotatable bonds is 3. The number of halogens is 2. The molecule has 1 rings (SSSR count). The molecule has 0 aliphatic carbocycles. The van der Waals surface area contributed by atoms with Crippen molar-refractivity contribution in [2.45, 2.75) is 31.7 Å². The van der Waals surface area contributed by atoms with Crippen LogP contribution in [0.4, 0.5) is 0 Å². The molecule has 4 heteroatoms. The van der Waals surface area contributed by atoms with Gasteiger partial charge in [0.2, 0.25) is 0 Å². The van der Waals surface area contributed by atoms with E-state index in [1.807, 2.05) is 0 Å². The summed E-state index contributed by atoms with van der Waals surface area (Å²) < 4.78 is 2.36. The van der Waals surface area contributed by atoms with Gasteiger partial charge >= 0.3 is 0 Å². The molecule has 1 unspecified atom stereocenters. The van der Waals surface area contributed by atoms with Gasteiger partial charge in [-0.05, 0) is 19.3 Å². The van der Waals surface area contributed by atoms with Crippen molar-refractivity contribution in [3.8, 4) is 0 Å². The van der Waals surface area contributed by atoms with Gasteiger partial charge in [0.1, 0.15) is 0 Å². The third kappa shape index (κ3) is 6.96. The number of hydrogen-bond donors (Lipinski definition) is 0. The van der Waals surface area contributed by atoms with Gasteiger partial charge < -0.3 is 56.9 Å². The van der Waals surface area contributed by atoms with E-state index in [-0.39, 0.29) is 48.0 Å². The number of likely N-dealkylation sites (tertiary alicyclic amines) is 1. The molecule has 1 fully saturated rings. The van der Waals surface area contributed by atoms with Crippen molar-refractivity contribution in [3.63, 3.8) is 0 Å². The Morgan fingerprint density at radius 2 is 1.62 bits per heavy atom. The van der Waals surface area contributed by atoms with Gasteiger partial charge in [0.15, 0.2) is 0 Å². The summed E-state index contributed by atoms with van der Waals surface area (Å²) in [4.78, 5) is 0. The summed E-state index contributed by atoms with van der Waals surface area (Å²) in [7, 11) is 11.7. The van der Waals surface area contributed by atoms with E-state index < -0.39 is 0 Å². The van der Waals surface area contributed by atoms with Crippen LogP contribution in [-0.2, 0) is 0 Å². The molecule has 100 valence electrons. The molecule has 2 nitrogen and oxygen atoms in total. The standard InChI is InChI=1S/C12H28N2.2HI/c1-13(2,3)11-9-12-8-6-7-10-14(12,4)5;;/h12H,6-11H2,1-5H3;2*1H/q+2;;/p-2. The van der Waals surface area contributed by atoms with E-state index in [1.165, 1.54) is 43.3 Å². The van der Waals surface area contributed by atoms with Crippen molar-refractivity contribution in [2.24, 2.45) is 0 Å². The zero-order chi connectivity index (χ0) is 10.8. The summed E-state index contributed by atoms with van der Waals surface area (Å²) in [5, 5.41) is 0. The number of hydrogen-bond acceptors (Lipinski definition) is 0. The van der Waals surface area contributed by atoms with E-state index >= 15 is 0 Å². The van der Waals surface area contributed by atoms with Gasteiger partial charge in [-0.3, -0.25) is 0 Å². The van der Waals surface area contributed by atoms with Crippen molar-refractivity contribution < 1.29 is 56.9 Å². The summed E-state index contributed by atoms with van der Waals surface area (Å²) in [6.45, 7) is 2.69. The normalized spacial score (nSPS) is 24.2. The Labute approximate surface area is 136 Å². The summed E-state index contributed by atoms with van der Waals surface area (Å²) in [5.41, 5.74) is 0. The topological polar surface area (TPSA) is 0 Å². The van der Waals surface area contributed by atoms with E-state index in [0.29, 0.717) is 0 Å². The maximum absolute atomic E-state index is 2.40. The Morgan fingerprint density at radius 1 is 1.06 bits per heavy atom. The Kier molecular flexibility index (Phi) is 9.53. The molecule has 0 aromatic heterocycles. The van der Waals surface area contributed by atoms with Crippen molar-refractivity contribution in [2.75, 3.05) is 48.3 Å². The minimum atomic E-state index is 0. The predicted octanol–water partition coefficient (Wildman–Crippen LogP) is -4.28. The van der Waals surface area contributed by atoms with Crippen LogP contribution in [-0.4, -0.2) is 63.3 Å². The first-order chi connectivity index (χ1) is 6.31. The molecule has 0 radical (unpaired) electrons. The highest BCUT2D eigenvalue weighted by molar-refractivity contribution is 4.64. The lowest BCUT2D eigenvalue weighted by atomic mass is 9.97. The van der Waals surface area contributed by atoms with Crippen molar-refractivity contribution in [1.29, 1.82) is 0 Å². The molecule has 0 aromatic carbocycles. The zero-order valence-corrected chi connectivity index (χ0v) is 15.8. The number of nitrogens with zero attached hydrogens (tertiary/aromatic N) is 2. The summed E-state index contributed by atoms with van der Waals surface area (Å²) >= 11 is 0. The van der Waals surface area contributed by atoms with Crippen LogP contribution in [0.5, 0.6) is 0 Å². The highest BCUT2D eigenvalue weighted by Crippen LogP contribution is 2.24. The maximum Gasteiger partial charge on any atom is 0.0940 e. The lowest BCUT2D eigenvalue weighted by Crippen LogP contribution is -3.00. The number of quaternary nitrogens is 2. The van der Waals surface area contributed by atoms with Gasteiger partial charge in [0.05, 0.1) is 54.4 Å². The quantitative estimate of drug-likeness (QED) is 0.300. The molecule has 1 aliphatic rings. The van der Waals surface area contributed by atoms with Gasteiger partial charge in [0.25, 0.3) is 0 Å². The largest absolute Gasteiger partial charge is 1.00 e. The van der Waals surface area contributed by atoms with E-state index in [9.17, 15) is 0 Å². The van der Waals surface area contributed by atoms with Crippen molar-refractivity contribution in [1.82, 2.24) is 0 Å². The molecule has 1 saturated heterocycles. The second kappa shape index (κ2) is 7.74. The molecule has 0 spiro atoms. The highest BCUT2D eigenvalue weighted by Gasteiger charge is 2.32. The lowest BCUT2D eigenvalue weighted by molar-refractivity contribution is -0.927. The third-order valence-corrected chi connectivity index (χ3v) is 3.64. The van der Waals surface area contributed by atoms with E-state index in [2.05, 4.69) is 35.2 Å². The van der Waals surface area contributed by atoms with Crippen molar-refractivity contribution >= 4 is 0 Å². The molecule has 16 heavy (non-hydrogen) atoms. The molecular formula is C12H28I2N2. The average molecular weight is 454 g/mol. The van der Waals surface area contributed by atoms with Crippen LogP contribution >= 0.6 is 0 Å². The monoisotopic (exact) mass is 454 g/mol. The fourth-order valence-electron chi connectivity index (χ4n) is 2.46. The molecule has 0 amide bonds. The summed E-state index contributed by atoms with van der Waals surface area (Å²) in [5.74, 6) is 0.